The van der Waals surface area contributed by atoms with E-state index in [1.54, 1.807) is 0 Å². The molecule has 1 heterocycles. The molecule has 0 saturated heterocycles. The highest BCUT2D eigenvalue weighted by molar-refractivity contribution is 7.89. The number of primary sulfonamides is 1. The number of nitrogens with two attached hydrogens (primary N) is 1. The Kier molecular flexibility index (Phi) is 1.38. The largest absolute Gasteiger partial charge is 0.504 e. The number of nitrogens with zero attached hydrogens (tertiary/aromatic N) is 1. The molecule has 7 heteroatoms. The van der Waals surface area contributed by atoms with Gasteiger partial charge < -0.3 is 5.11 Å². The number of hydrogen-bond donors (Lipinski definition) is 3. The quantitative estimate of drug-likeness (QED) is 0.481. The second kappa shape index (κ2) is 1.96. The summed E-state index contributed by atoms with van der Waals surface area (Å²) >= 11 is 0. The van der Waals surface area contributed by atoms with E-state index in [-0.39, 0.29) is 0 Å². The van der Waals surface area contributed by atoms with Crippen molar-refractivity contribution in [3.8, 4) is 5.75 Å². The Bertz CT molecular complexity index is 327. The van der Waals surface area contributed by atoms with Crippen molar-refractivity contribution in [2.45, 2.75) is 5.03 Å². The Labute approximate surface area is 56.7 Å². The van der Waals surface area contributed by atoms with E-state index in [0.29, 0.717) is 0 Å². The molecule has 0 aliphatic carbocycles. The zero-order chi connectivity index (χ0) is 7.78. The molecular weight excluding hydrogens is 158 g/mol. The summed E-state index contributed by atoms with van der Waals surface area (Å²) in [5.41, 5.74) is 0. The van der Waals surface area contributed by atoms with Crippen molar-refractivity contribution in [1.82, 2.24) is 10.2 Å². The molecular formula is C3H5N3O3S. The Balaban J connectivity index is 3.32. The average Bonchev–Trinajstić information content (AvgIpc) is 2.11. The number of H-pyrrole nitrogens is 1. The van der Waals surface area contributed by atoms with E-state index in [2.05, 4.69) is 10.2 Å². The fourth-order valence-corrected chi connectivity index (χ4v) is 1.00. The molecule has 0 atom stereocenters. The molecule has 1 aromatic heterocycles. The molecule has 0 fully saturated rings. The van der Waals surface area contributed by atoms with Crippen LogP contribution in [0.1, 0.15) is 0 Å². The molecule has 0 aromatic carbocycles. The smallest absolute Gasteiger partial charge is 0.258 e. The number of hydrogen-bond acceptors (Lipinski definition) is 4. The Hall–Kier alpha value is -1.08. The first-order chi connectivity index (χ1) is 4.52. The number of sulfonamides is 1. The summed E-state index contributed by atoms with van der Waals surface area (Å²) in [4.78, 5) is 0. The Morgan fingerprint density at radius 3 is 2.50 bits per heavy atom. The van der Waals surface area contributed by atoms with Gasteiger partial charge in [0.2, 0.25) is 5.03 Å². The first kappa shape index (κ1) is 7.03. The van der Waals surface area contributed by atoms with Gasteiger partial charge in [0.05, 0.1) is 6.20 Å². The minimum atomic E-state index is -3.86. The first-order valence-electron chi connectivity index (χ1n) is 2.27. The van der Waals surface area contributed by atoms with E-state index in [0.717, 1.165) is 6.20 Å². The van der Waals surface area contributed by atoms with Gasteiger partial charge in [-0.1, -0.05) is 0 Å². The van der Waals surface area contributed by atoms with Gasteiger partial charge in [-0.05, 0) is 0 Å². The molecule has 0 radical (unpaired) electrons. The highest BCUT2D eigenvalue weighted by Crippen LogP contribution is 2.15. The fourth-order valence-electron chi connectivity index (χ4n) is 0.477. The summed E-state index contributed by atoms with van der Waals surface area (Å²) in [5, 5.41) is 18.2. The van der Waals surface area contributed by atoms with Gasteiger partial charge in [0.1, 0.15) is 0 Å². The standard InChI is InChI=1S/C3H5N3O3S/c4-10(8,9)3-2(7)1-5-6-3/h1,7H,(H,5,6)(H2,4,8,9). The van der Waals surface area contributed by atoms with Gasteiger partial charge in [-0.2, -0.15) is 5.10 Å². The number of rotatable bonds is 1. The molecule has 0 aliphatic heterocycles. The lowest BCUT2D eigenvalue weighted by Crippen LogP contribution is -2.12. The maximum Gasteiger partial charge on any atom is 0.258 e. The van der Waals surface area contributed by atoms with E-state index in [4.69, 9.17) is 5.11 Å². The maximum absolute atomic E-state index is 10.5. The molecule has 0 saturated carbocycles. The van der Waals surface area contributed by atoms with Gasteiger partial charge in [0.15, 0.2) is 5.75 Å². The molecule has 0 amide bonds. The highest BCUT2D eigenvalue weighted by Gasteiger charge is 2.14. The summed E-state index contributed by atoms with van der Waals surface area (Å²) in [5.74, 6) is -0.470. The van der Waals surface area contributed by atoms with Crippen LogP contribution in [0.5, 0.6) is 5.75 Å². The lowest BCUT2D eigenvalue weighted by molar-refractivity contribution is 0.458. The third-order valence-electron chi connectivity index (χ3n) is 0.870. The van der Waals surface area contributed by atoms with Crippen LogP contribution in [0.15, 0.2) is 11.2 Å². The van der Waals surface area contributed by atoms with Crippen LogP contribution in [0.3, 0.4) is 0 Å². The third kappa shape index (κ3) is 1.09. The van der Waals surface area contributed by atoms with E-state index >= 15 is 0 Å². The van der Waals surface area contributed by atoms with Crippen molar-refractivity contribution < 1.29 is 13.5 Å². The number of aromatic amines is 1. The molecule has 1 rings (SSSR count). The Morgan fingerprint density at radius 1 is 1.70 bits per heavy atom. The Morgan fingerprint density at radius 2 is 2.30 bits per heavy atom. The normalized spacial score (nSPS) is 11.7. The van der Waals surface area contributed by atoms with Crippen LogP contribution in [-0.2, 0) is 10.0 Å². The van der Waals surface area contributed by atoms with Crippen LogP contribution in [0.2, 0.25) is 0 Å². The van der Waals surface area contributed by atoms with Crippen LogP contribution >= 0.6 is 0 Å². The van der Waals surface area contributed by atoms with Crippen LogP contribution in [0.4, 0.5) is 0 Å². The fraction of sp³-hybridized carbons (Fsp3) is 0. The minimum Gasteiger partial charge on any atom is -0.504 e. The number of nitrogens with one attached hydrogen (secondary N) is 1. The predicted molar refractivity (Wildman–Crippen MR) is 31.6 cm³/mol. The number of aromatic hydroxyl groups is 1. The lowest BCUT2D eigenvalue weighted by atomic mass is 10.7. The van der Waals surface area contributed by atoms with E-state index in [1.165, 1.54) is 0 Å². The monoisotopic (exact) mass is 163 g/mol. The van der Waals surface area contributed by atoms with Crippen LogP contribution in [0.25, 0.3) is 0 Å². The van der Waals surface area contributed by atoms with Crippen molar-refractivity contribution in [3.63, 3.8) is 0 Å². The van der Waals surface area contributed by atoms with Crippen LogP contribution in [-0.4, -0.2) is 23.7 Å². The summed E-state index contributed by atoms with van der Waals surface area (Å²) in [6.45, 7) is 0. The van der Waals surface area contributed by atoms with Gasteiger partial charge in [-0.15, -0.1) is 0 Å². The van der Waals surface area contributed by atoms with Crippen molar-refractivity contribution in [2.24, 2.45) is 5.14 Å². The first-order valence-corrected chi connectivity index (χ1v) is 3.81. The van der Waals surface area contributed by atoms with Crippen LogP contribution in [0, 0.1) is 0 Å². The van der Waals surface area contributed by atoms with Crippen molar-refractivity contribution in [3.05, 3.63) is 6.20 Å². The molecule has 1 aromatic rings. The summed E-state index contributed by atoms with van der Waals surface area (Å²) in [7, 11) is -3.86. The lowest BCUT2D eigenvalue weighted by Gasteiger charge is -1.90. The van der Waals surface area contributed by atoms with Crippen molar-refractivity contribution >= 4 is 10.0 Å². The van der Waals surface area contributed by atoms with Crippen LogP contribution < -0.4 is 5.14 Å². The SMILES string of the molecule is NS(=O)(=O)c1[nH]ncc1O. The molecule has 56 valence electrons. The summed E-state index contributed by atoms with van der Waals surface area (Å²) in [6.07, 6.45) is 0.958. The van der Waals surface area contributed by atoms with E-state index in [1.807, 2.05) is 5.10 Å². The van der Waals surface area contributed by atoms with Crippen molar-refractivity contribution in [2.75, 3.05) is 0 Å². The summed E-state index contributed by atoms with van der Waals surface area (Å²) < 4.78 is 20.9. The molecule has 0 unspecified atom stereocenters. The molecule has 0 spiro atoms. The van der Waals surface area contributed by atoms with Gasteiger partial charge >= 0.3 is 0 Å². The average molecular weight is 163 g/mol. The maximum atomic E-state index is 10.5. The third-order valence-corrected chi connectivity index (χ3v) is 1.74. The molecule has 0 aliphatic rings. The van der Waals surface area contributed by atoms with Gasteiger partial charge in [-0.25, -0.2) is 13.6 Å². The zero-order valence-corrected chi connectivity index (χ0v) is 5.59. The van der Waals surface area contributed by atoms with Gasteiger partial charge in [0.25, 0.3) is 10.0 Å². The molecule has 6 nitrogen and oxygen atoms in total. The van der Waals surface area contributed by atoms with E-state index < -0.39 is 20.8 Å². The van der Waals surface area contributed by atoms with Gasteiger partial charge in [-0.3, -0.25) is 5.10 Å². The molecule has 10 heavy (non-hydrogen) atoms. The molecule has 0 bridgehead atoms. The summed E-state index contributed by atoms with van der Waals surface area (Å²) in [6, 6.07) is 0. The second-order valence-corrected chi connectivity index (χ2v) is 3.13. The number of aromatic nitrogens is 2. The molecule has 4 N–H and O–H groups in total. The van der Waals surface area contributed by atoms with Crippen molar-refractivity contribution in [1.29, 1.82) is 0 Å². The second-order valence-electron chi connectivity index (χ2n) is 1.63. The minimum absolute atomic E-state index is 0.465. The zero-order valence-electron chi connectivity index (χ0n) is 4.77. The highest BCUT2D eigenvalue weighted by atomic mass is 32.2. The van der Waals surface area contributed by atoms with E-state index in [9.17, 15) is 8.42 Å². The van der Waals surface area contributed by atoms with Gasteiger partial charge in [0, 0.05) is 0 Å². The predicted octanol–water partition coefficient (Wildman–Crippen LogP) is -1.24. The topological polar surface area (TPSA) is 109 Å².